The lowest BCUT2D eigenvalue weighted by Gasteiger charge is -2.20. The maximum Gasteiger partial charge on any atom is 0.141 e. The minimum Gasteiger partial charge on any atom is -0.396 e. The normalized spacial score (nSPS) is 12.8. The van der Waals surface area contributed by atoms with E-state index in [1.54, 1.807) is 0 Å². The number of fused-ring (bicyclic) bond motifs is 1. The van der Waals surface area contributed by atoms with Crippen LogP contribution >= 0.6 is 0 Å². The van der Waals surface area contributed by atoms with Crippen LogP contribution in [0.2, 0.25) is 0 Å². The molecule has 0 radical (unpaired) electrons. The third-order valence-corrected chi connectivity index (χ3v) is 7.47. The predicted molar refractivity (Wildman–Crippen MR) is 145 cm³/mol. The van der Waals surface area contributed by atoms with E-state index in [1.165, 1.54) is 33.3 Å². The third kappa shape index (κ3) is 4.54. The number of pyridine rings is 2. The van der Waals surface area contributed by atoms with Gasteiger partial charge in [0.25, 0.3) is 0 Å². The lowest BCUT2D eigenvalue weighted by atomic mass is 9.86. The average Bonchev–Trinajstić information content (AvgIpc) is 3.18. The minimum absolute atomic E-state index is 0.224. The van der Waals surface area contributed by atoms with Gasteiger partial charge in [-0.3, -0.25) is 4.98 Å². The van der Waals surface area contributed by atoms with E-state index in [1.807, 2.05) is 0 Å². The predicted octanol–water partition coefficient (Wildman–Crippen LogP) is 7.37. The molecule has 34 heavy (non-hydrogen) atoms. The molecule has 1 atom stereocenters. The molecule has 0 saturated heterocycles. The van der Waals surface area contributed by atoms with Crippen LogP contribution in [-0.2, 0) is 32.2 Å². The van der Waals surface area contributed by atoms with Crippen molar-refractivity contribution < 1.29 is 5.11 Å². The van der Waals surface area contributed by atoms with Crippen molar-refractivity contribution >= 4 is 11.0 Å². The van der Waals surface area contributed by atoms with Crippen molar-refractivity contribution in [3.8, 4) is 11.3 Å². The molecule has 3 heterocycles. The van der Waals surface area contributed by atoms with Crippen LogP contribution in [0.25, 0.3) is 22.3 Å². The van der Waals surface area contributed by atoms with E-state index >= 15 is 0 Å². The van der Waals surface area contributed by atoms with Crippen molar-refractivity contribution in [3.05, 3.63) is 45.9 Å². The molecular weight excluding hydrogens is 418 g/mol. The van der Waals surface area contributed by atoms with E-state index in [-0.39, 0.29) is 6.61 Å². The van der Waals surface area contributed by atoms with Gasteiger partial charge in [0.05, 0.1) is 5.69 Å². The highest BCUT2D eigenvalue weighted by Gasteiger charge is 2.27. The Balaban J connectivity index is 2.47. The van der Waals surface area contributed by atoms with Crippen LogP contribution in [0.1, 0.15) is 114 Å². The number of aromatic nitrogens is 3. The van der Waals surface area contributed by atoms with Crippen LogP contribution in [-0.4, -0.2) is 26.2 Å². The SMILES string of the molecule is CCc1nc(C(C)C)ccc1-c1nc2c(c(CC)c1CC)c([C@H](CC)CCO)c(CC)n2CC. The fraction of sp³-hybridized carbons (Fsp3) is 0.600. The minimum atomic E-state index is 0.224. The highest BCUT2D eigenvalue weighted by Crippen LogP contribution is 2.41. The van der Waals surface area contributed by atoms with Gasteiger partial charge in [-0.25, -0.2) is 4.98 Å². The first-order chi connectivity index (χ1) is 16.4. The molecule has 0 amide bonds. The smallest absolute Gasteiger partial charge is 0.141 e. The summed E-state index contributed by atoms with van der Waals surface area (Å²) in [6, 6.07) is 4.45. The fourth-order valence-electron chi connectivity index (χ4n) is 5.74. The quantitative estimate of drug-likeness (QED) is 0.323. The Kier molecular flexibility index (Phi) is 8.92. The van der Waals surface area contributed by atoms with Crippen molar-refractivity contribution in [1.29, 1.82) is 0 Å². The zero-order valence-electron chi connectivity index (χ0n) is 22.8. The summed E-state index contributed by atoms with van der Waals surface area (Å²) < 4.78 is 2.44. The molecule has 3 rings (SSSR count). The van der Waals surface area contributed by atoms with E-state index in [2.05, 4.69) is 72.1 Å². The second-order valence-electron chi connectivity index (χ2n) is 9.64. The number of nitrogens with zero attached hydrogens (tertiary/aromatic N) is 3. The second kappa shape index (κ2) is 11.5. The number of hydrogen-bond donors (Lipinski definition) is 1. The fourth-order valence-corrected chi connectivity index (χ4v) is 5.74. The van der Waals surface area contributed by atoms with Crippen molar-refractivity contribution in [2.45, 2.75) is 112 Å². The number of aliphatic hydroxyl groups is 1. The summed E-state index contributed by atoms with van der Waals surface area (Å²) in [5.41, 5.74) is 11.3. The Morgan fingerprint density at radius 2 is 1.59 bits per heavy atom. The van der Waals surface area contributed by atoms with E-state index in [9.17, 15) is 5.11 Å². The van der Waals surface area contributed by atoms with Gasteiger partial charge < -0.3 is 9.67 Å². The maximum atomic E-state index is 9.84. The highest BCUT2D eigenvalue weighted by molar-refractivity contribution is 5.91. The molecule has 0 spiro atoms. The first kappa shape index (κ1) is 26.4. The Labute approximate surface area is 206 Å². The summed E-state index contributed by atoms with van der Waals surface area (Å²) >= 11 is 0. The Morgan fingerprint density at radius 1 is 0.882 bits per heavy atom. The zero-order valence-corrected chi connectivity index (χ0v) is 22.8. The summed E-state index contributed by atoms with van der Waals surface area (Å²) in [6.07, 6.45) is 5.64. The molecule has 3 aromatic rings. The van der Waals surface area contributed by atoms with Crippen LogP contribution in [0.5, 0.6) is 0 Å². The van der Waals surface area contributed by atoms with Crippen LogP contribution in [0, 0.1) is 0 Å². The summed E-state index contributed by atoms with van der Waals surface area (Å²) in [4.78, 5) is 10.5. The number of rotatable bonds is 11. The molecule has 1 N–H and O–H groups in total. The Morgan fingerprint density at radius 3 is 2.09 bits per heavy atom. The van der Waals surface area contributed by atoms with E-state index < -0.39 is 0 Å². The monoisotopic (exact) mass is 463 g/mol. The van der Waals surface area contributed by atoms with Crippen molar-refractivity contribution in [1.82, 2.24) is 14.5 Å². The molecule has 0 aliphatic rings. The Hall–Kier alpha value is -2.20. The molecular formula is C30H45N3O. The molecule has 0 fully saturated rings. The van der Waals surface area contributed by atoms with Crippen molar-refractivity contribution in [2.75, 3.05) is 6.61 Å². The summed E-state index contributed by atoms with van der Waals surface area (Å²) in [5, 5.41) is 11.2. The Bertz CT molecular complexity index is 1130. The first-order valence-electron chi connectivity index (χ1n) is 13.6. The molecule has 0 aliphatic heterocycles. The van der Waals surface area contributed by atoms with E-state index in [0.29, 0.717) is 11.8 Å². The van der Waals surface area contributed by atoms with Crippen LogP contribution in [0.3, 0.4) is 0 Å². The van der Waals surface area contributed by atoms with Crippen LogP contribution < -0.4 is 0 Å². The van der Waals surface area contributed by atoms with Crippen LogP contribution in [0.15, 0.2) is 12.1 Å². The van der Waals surface area contributed by atoms with Gasteiger partial charge in [0, 0.05) is 41.2 Å². The number of hydrogen-bond acceptors (Lipinski definition) is 3. The molecule has 3 aromatic heterocycles. The van der Waals surface area contributed by atoms with Gasteiger partial charge in [-0.05, 0) is 86.1 Å². The molecule has 4 heteroatoms. The summed E-state index contributed by atoms with van der Waals surface area (Å²) in [7, 11) is 0. The molecule has 0 aliphatic carbocycles. The van der Waals surface area contributed by atoms with Crippen LogP contribution in [0.4, 0.5) is 0 Å². The second-order valence-corrected chi connectivity index (χ2v) is 9.64. The lowest BCUT2D eigenvalue weighted by Crippen LogP contribution is -2.07. The van der Waals surface area contributed by atoms with Gasteiger partial charge in [0.1, 0.15) is 5.65 Å². The van der Waals surface area contributed by atoms with Gasteiger partial charge in [0.2, 0.25) is 0 Å². The summed E-state index contributed by atoms with van der Waals surface area (Å²) in [5.74, 6) is 0.771. The molecule has 0 unspecified atom stereocenters. The average molecular weight is 464 g/mol. The molecule has 186 valence electrons. The lowest BCUT2D eigenvalue weighted by molar-refractivity contribution is 0.274. The first-order valence-corrected chi connectivity index (χ1v) is 13.6. The van der Waals surface area contributed by atoms with Gasteiger partial charge in [-0.15, -0.1) is 0 Å². The molecule has 0 bridgehead atoms. The number of aliphatic hydroxyl groups excluding tert-OH is 1. The summed E-state index contributed by atoms with van der Waals surface area (Å²) in [6.45, 7) is 19.0. The molecule has 0 aromatic carbocycles. The van der Waals surface area contributed by atoms with Gasteiger partial charge in [0.15, 0.2) is 0 Å². The van der Waals surface area contributed by atoms with E-state index in [0.717, 1.165) is 67.8 Å². The standard InChI is InChI=1S/C30H45N3O/c1-9-20(17-18-34)27-26(13-5)33(14-6)30-28(27)21(10-2)22(11-3)29(32-30)23-15-16-25(19(7)8)31-24(23)12-4/h15-16,19-20,34H,9-14,17-18H2,1-8H3/t20-/m1/s1. The maximum absolute atomic E-state index is 9.84. The van der Waals surface area contributed by atoms with E-state index in [4.69, 9.17) is 9.97 Å². The van der Waals surface area contributed by atoms with Gasteiger partial charge in [-0.2, -0.15) is 0 Å². The van der Waals surface area contributed by atoms with Gasteiger partial charge in [-0.1, -0.05) is 48.5 Å². The van der Waals surface area contributed by atoms with Crippen molar-refractivity contribution in [2.24, 2.45) is 0 Å². The topological polar surface area (TPSA) is 50.9 Å². The number of aryl methyl sites for hydroxylation is 3. The zero-order chi connectivity index (χ0) is 25.0. The highest BCUT2D eigenvalue weighted by atomic mass is 16.3. The third-order valence-electron chi connectivity index (χ3n) is 7.47. The van der Waals surface area contributed by atoms with Crippen molar-refractivity contribution in [3.63, 3.8) is 0 Å². The largest absolute Gasteiger partial charge is 0.396 e. The molecule has 4 nitrogen and oxygen atoms in total. The molecule has 0 saturated carbocycles. The van der Waals surface area contributed by atoms with Gasteiger partial charge >= 0.3 is 0 Å².